The molecule has 140 valence electrons. The van der Waals surface area contributed by atoms with E-state index in [9.17, 15) is 19.7 Å². The molecule has 2 aromatic rings. The molecule has 2 aromatic carbocycles. The molecule has 7 heteroatoms. The highest BCUT2D eigenvalue weighted by Crippen LogP contribution is 2.31. The standard InChI is InChI=1S/C20H20N2O5/c1-12-5-4-6-18(14(12)3)27-20(24)15-9-19(23)21(11-15)16-8-7-13(2)17(10-16)22(25)26/h4-8,10,15H,9,11H2,1-3H3/t15-/m1/s1. The van der Waals surface area contributed by atoms with E-state index < -0.39 is 16.8 Å². The van der Waals surface area contributed by atoms with Crippen LogP contribution in [0.25, 0.3) is 0 Å². The molecular formula is C20H20N2O5. The number of nitro benzene ring substituents is 1. The van der Waals surface area contributed by atoms with Crippen molar-refractivity contribution < 1.29 is 19.2 Å². The largest absolute Gasteiger partial charge is 0.426 e. The van der Waals surface area contributed by atoms with Crippen LogP contribution >= 0.6 is 0 Å². The summed E-state index contributed by atoms with van der Waals surface area (Å²) in [5.41, 5.74) is 2.76. The molecule has 1 aliphatic heterocycles. The van der Waals surface area contributed by atoms with Crippen molar-refractivity contribution in [1.29, 1.82) is 0 Å². The second-order valence-corrected chi connectivity index (χ2v) is 6.75. The monoisotopic (exact) mass is 368 g/mol. The highest BCUT2D eigenvalue weighted by atomic mass is 16.6. The van der Waals surface area contributed by atoms with E-state index in [0.29, 0.717) is 17.0 Å². The fourth-order valence-corrected chi connectivity index (χ4v) is 3.10. The summed E-state index contributed by atoms with van der Waals surface area (Å²) < 4.78 is 5.50. The zero-order chi connectivity index (χ0) is 19.7. The second-order valence-electron chi connectivity index (χ2n) is 6.75. The predicted molar refractivity (Wildman–Crippen MR) is 99.8 cm³/mol. The van der Waals surface area contributed by atoms with Crippen molar-refractivity contribution in [1.82, 2.24) is 0 Å². The van der Waals surface area contributed by atoms with Gasteiger partial charge in [-0.2, -0.15) is 0 Å². The summed E-state index contributed by atoms with van der Waals surface area (Å²) in [5, 5.41) is 11.1. The molecule has 0 aliphatic carbocycles. The van der Waals surface area contributed by atoms with Crippen LogP contribution in [0.3, 0.4) is 0 Å². The van der Waals surface area contributed by atoms with E-state index in [1.54, 1.807) is 25.1 Å². The number of esters is 1. The van der Waals surface area contributed by atoms with Crippen molar-refractivity contribution in [2.24, 2.45) is 5.92 Å². The van der Waals surface area contributed by atoms with E-state index in [0.717, 1.165) is 11.1 Å². The van der Waals surface area contributed by atoms with Crippen LogP contribution in [0.1, 0.15) is 23.1 Å². The van der Waals surface area contributed by atoms with Gasteiger partial charge in [-0.1, -0.05) is 18.2 Å². The minimum absolute atomic E-state index is 0.0192. The molecule has 1 saturated heterocycles. The molecule has 0 unspecified atom stereocenters. The van der Waals surface area contributed by atoms with Crippen molar-refractivity contribution in [3.63, 3.8) is 0 Å². The quantitative estimate of drug-likeness (QED) is 0.357. The number of hydrogen-bond acceptors (Lipinski definition) is 5. The number of amides is 1. The summed E-state index contributed by atoms with van der Waals surface area (Å²) in [7, 11) is 0. The van der Waals surface area contributed by atoms with Gasteiger partial charge in [0, 0.05) is 24.6 Å². The Morgan fingerprint density at radius 2 is 1.93 bits per heavy atom. The van der Waals surface area contributed by atoms with Gasteiger partial charge in [0.15, 0.2) is 0 Å². The normalized spacial score (nSPS) is 16.5. The number of rotatable bonds is 4. The summed E-state index contributed by atoms with van der Waals surface area (Å²) in [6.07, 6.45) is 0.0192. The van der Waals surface area contributed by atoms with Crippen LogP contribution in [-0.2, 0) is 9.59 Å². The SMILES string of the molecule is Cc1ccc(N2C[C@H](C(=O)Oc3cccc(C)c3C)CC2=O)cc1[N+](=O)[O-]. The Bertz CT molecular complexity index is 938. The Morgan fingerprint density at radius 1 is 1.19 bits per heavy atom. The van der Waals surface area contributed by atoms with Gasteiger partial charge in [0.25, 0.3) is 5.69 Å². The first-order valence-electron chi connectivity index (χ1n) is 8.61. The first-order chi connectivity index (χ1) is 12.8. The minimum Gasteiger partial charge on any atom is -0.426 e. The lowest BCUT2D eigenvalue weighted by atomic mass is 10.1. The molecular weight excluding hydrogens is 348 g/mol. The van der Waals surface area contributed by atoms with Gasteiger partial charge in [0.1, 0.15) is 5.75 Å². The van der Waals surface area contributed by atoms with Crippen molar-refractivity contribution in [3.05, 3.63) is 63.2 Å². The maximum absolute atomic E-state index is 12.5. The molecule has 0 spiro atoms. The van der Waals surface area contributed by atoms with Crippen LogP contribution in [-0.4, -0.2) is 23.3 Å². The number of nitrogens with zero attached hydrogens (tertiary/aromatic N) is 2. The van der Waals surface area contributed by atoms with Crippen molar-refractivity contribution in [2.75, 3.05) is 11.4 Å². The minimum atomic E-state index is -0.613. The van der Waals surface area contributed by atoms with E-state index >= 15 is 0 Å². The lowest BCUT2D eigenvalue weighted by Crippen LogP contribution is -2.27. The smallest absolute Gasteiger partial charge is 0.316 e. The van der Waals surface area contributed by atoms with E-state index in [2.05, 4.69) is 0 Å². The van der Waals surface area contributed by atoms with Gasteiger partial charge in [-0.05, 0) is 44.0 Å². The Morgan fingerprint density at radius 3 is 2.63 bits per heavy atom. The van der Waals surface area contributed by atoms with Crippen molar-refractivity contribution in [3.8, 4) is 5.75 Å². The van der Waals surface area contributed by atoms with Crippen LogP contribution < -0.4 is 9.64 Å². The van der Waals surface area contributed by atoms with Gasteiger partial charge in [0.2, 0.25) is 5.91 Å². The number of nitro groups is 1. The molecule has 0 saturated carbocycles. The summed E-state index contributed by atoms with van der Waals surface area (Å²) >= 11 is 0. The zero-order valence-electron chi connectivity index (χ0n) is 15.4. The number of ether oxygens (including phenoxy) is 1. The molecule has 0 bridgehead atoms. The molecule has 1 heterocycles. The van der Waals surface area contributed by atoms with Crippen LogP contribution in [0, 0.1) is 36.8 Å². The van der Waals surface area contributed by atoms with Crippen LogP contribution in [0.4, 0.5) is 11.4 Å². The number of benzene rings is 2. The van der Waals surface area contributed by atoms with Crippen molar-refractivity contribution >= 4 is 23.3 Å². The maximum Gasteiger partial charge on any atom is 0.316 e. The number of carbonyl (C=O) groups is 2. The molecule has 0 aromatic heterocycles. The molecule has 27 heavy (non-hydrogen) atoms. The average molecular weight is 368 g/mol. The summed E-state index contributed by atoms with van der Waals surface area (Å²) in [6.45, 7) is 5.58. The summed E-state index contributed by atoms with van der Waals surface area (Å²) in [4.78, 5) is 37.0. The first-order valence-corrected chi connectivity index (χ1v) is 8.61. The number of anilines is 1. The number of hydrogen-bond donors (Lipinski definition) is 0. The van der Waals surface area contributed by atoms with E-state index in [1.807, 2.05) is 26.0 Å². The molecule has 1 atom stereocenters. The average Bonchev–Trinajstić information content (AvgIpc) is 3.01. The Hall–Kier alpha value is -3.22. The van der Waals surface area contributed by atoms with E-state index in [4.69, 9.17) is 4.74 Å². The van der Waals surface area contributed by atoms with E-state index in [-0.39, 0.29) is 24.6 Å². The highest BCUT2D eigenvalue weighted by molar-refractivity contribution is 6.00. The first kappa shape index (κ1) is 18.6. The molecule has 1 aliphatic rings. The third kappa shape index (κ3) is 3.67. The molecule has 0 radical (unpaired) electrons. The molecule has 0 N–H and O–H groups in total. The fraction of sp³-hybridized carbons (Fsp3) is 0.300. The fourth-order valence-electron chi connectivity index (χ4n) is 3.10. The molecule has 1 amide bonds. The Labute approximate surface area is 156 Å². The van der Waals surface area contributed by atoms with E-state index in [1.165, 1.54) is 11.0 Å². The van der Waals surface area contributed by atoms with Crippen LogP contribution in [0.5, 0.6) is 5.75 Å². The number of carbonyl (C=O) groups excluding carboxylic acids is 2. The number of aryl methyl sites for hydroxylation is 2. The third-order valence-corrected chi connectivity index (χ3v) is 4.92. The Kier molecular flexibility index (Phi) is 4.94. The zero-order valence-corrected chi connectivity index (χ0v) is 15.4. The predicted octanol–water partition coefficient (Wildman–Crippen LogP) is 3.48. The Balaban J connectivity index is 1.77. The summed E-state index contributed by atoms with van der Waals surface area (Å²) in [6, 6.07) is 10.1. The molecule has 1 fully saturated rings. The maximum atomic E-state index is 12.5. The van der Waals surface area contributed by atoms with Gasteiger partial charge in [-0.3, -0.25) is 19.7 Å². The van der Waals surface area contributed by atoms with Gasteiger partial charge >= 0.3 is 5.97 Å². The van der Waals surface area contributed by atoms with Crippen LogP contribution in [0.15, 0.2) is 36.4 Å². The lowest BCUT2D eigenvalue weighted by Gasteiger charge is -2.17. The van der Waals surface area contributed by atoms with Crippen LogP contribution in [0.2, 0.25) is 0 Å². The third-order valence-electron chi connectivity index (χ3n) is 4.92. The van der Waals surface area contributed by atoms with Gasteiger partial charge in [-0.25, -0.2) is 0 Å². The molecule has 3 rings (SSSR count). The van der Waals surface area contributed by atoms with Gasteiger partial charge in [0.05, 0.1) is 16.5 Å². The highest BCUT2D eigenvalue weighted by Gasteiger charge is 2.37. The topological polar surface area (TPSA) is 89.8 Å². The van der Waals surface area contributed by atoms with Gasteiger partial charge in [-0.15, -0.1) is 0 Å². The molecule has 7 nitrogen and oxygen atoms in total. The second kappa shape index (κ2) is 7.19. The van der Waals surface area contributed by atoms with Gasteiger partial charge < -0.3 is 9.64 Å². The van der Waals surface area contributed by atoms with Crippen molar-refractivity contribution in [2.45, 2.75) is 27.2 Å². The lowest BCUT2D eigenvalue weighted by molar-refractivity contribution is -0.385. The summed E-state index contributed by atoms with van der Waals surface area (Å²) in [5.74, 6) is -0.855.